The molecule has 1 aliphatic heterocycles. The van der Waals surface area contributed by atoms with E-state index in [0.717, 1.165) is 23.0 Å². The molecule has 0 fully saturated rings. The van der Waals surface area contributed by atoms with Gasteiger partial charge in [0.2, 0.25) is 0 Å². The molecule has 0 saturated heterocycles. The van der Waals surface area contributed by atoms with Gasteiger partial charge in [-0.15, -0.1) is 0 Å². The number of hydrogen-bond donors (Lipinski definition) is 1. The third-order valence-electron chi connectivity index (χ3n) is 2.85. The van der Waals surface area contributed by atoms with Gasteiger partial charge in [-0.25, -0.2) is 0 Å². The van der Waals surface area contributed by atoms with E-state index in [2.05, 4.69) is 0 Å². The predicted octanol–water partition coefficient (Wildman–Crippen LogP) is 1.24. The number of fused-ring (bicyclic) bond motifs is 1. The Morgan fingerprint density at radius 1 is 1.11 bits per heavy atom. The molecule has 0 atom stereocenters. The molecule has 0 unspecified atom stereocenters. The van der Waals surface area contributed by atoms with E-state index in [1.165, 1.54) is 15.0 Å². The minimum absolute atomic E-state index is 0.320. The number of hydrogen-bond acceptors (Lipinski definition) is 2. The normalized spacial score (nSPS) is 12.4. The Morgan fingerprint density at radius 2 is 1.94 bits per heavy atom. The molecule has 1 N–H and O–H groups in total. The molecule has 0 radical (unpaired) electrons. The predicted molar refractivity (Wildman–Crippen MR) is 73.7 cm³/mol. The van der Waals surface area contributed by atoms with Crippen LogP contribution in [0.2, 0.25) is 0 Å². The number of aldehydes is 1. The number of carbonyl (C=O) groups is 1. The number of rotatable bonds is 3. The fraction of sp³-hybridized carbons (Fsp3) is 0. The van der Waals surface area contributed by atoms with Crippen LogP contribution >= 0.6 is 0 Å². The molecular formula is C15H10O2Se. The Balaban J connectivity index is 2.18. The standard InChI is InChI=1S/C15H10O2Se/c16-9-3-5-10-4-1-2-6-11(10)14-12(17)7-8-13-15(14)18-13/h1-9,17H/b5-3+. The molecule has 0 aromatic heterocycles. The Kier molecular flexibility index (Phi) is 2.78. The summed E-state index contributed by atoms with van der Waals surface area (Å²) in [6.07, 6.45) is 4.01. The third-order valence-corrected chi connectivity index (χ3v) is 4.92. The van der Waals surface area contributed by atoms with Gasteiger partial charge < -0.3 is 0 Å². The summed E-state index contributed by atoms with van der Waals surface area (Å²) in [4.78, 5) is 10.4. The van der Waals surface area contributed by atoms with Gasteiger partial charge in [0.25, 0.3) is 0 Å². The number of carbonyl (C=O) groups excluding carboxylic acids is 1. The van der Waals surface area contributed by atoms with E-state index in [-0.39, 0.29) is 0 Å². The summed E-state index contributed by atoms with van der Waals surface area (Å²) in [6, 6.07) is 11.5. The van der Waals surface area contributed by atoms with Crippen molar-refractivity contribution in [1.29, 1.82) is 0 Å². The summed E-state index contributed by atoms with van der Waals surface area (Å²) >= 11 is 0.401. The molecule has 88 valence electrons. The number of allylic oxidation sites excluding steroid dienone is 1. The molecule has 2 nitrogen and oxygen atoms in total. The molecule has 3 rings (SSSR count). The van der Waals surface area contributed by atoms with Gasteiger partial charge in [-0.3, -0.25) is 0 Å². The number of benzene rings is 2. The Hall–Kier alpha value is -1.83. The van der Waals surface area contributed by atoms with Gasteiger partial charge in [0.1, 0.15) is 0 Å². The summed E-state index contributed by atoms with van der Waals surface area (Å²) in [5, 5.41) is 10.0. The Morgan fingerprint density at radius 3 is 2.78 bits per heavy atom. The first-order chi connectivity index (χ1) is 8.81. The Bertz CT molecular complexity index is 656. The first kappa shape index (κ1) is 11.3. The Labute approximate surface area is 111 Å². The van der Waals surface area contributed by atoms with E-state index in [1.807, 2.05) is 30.3 Å². The molecule has 0 spiro atoms. The summed E-state index contributed by atoms with van der Waals surface area (Å²) in [5.41, 5.74) is 2.87. The van der Waals surface area contributed by atoms with Crippen molar-refractivity contribution < 1.29 is 9.90 Å². The van der Waals surface area contributed by atoms with Crippen molar-refractivity contribution in [3.63, 3.8) is 0 Å². The van der Waals surface area contributed by atoms with Gasteiger partial charge in [0.15, 0.2) is 0 Å². The van der Waals surface area contributed by atoms with Crippen LogP contribution in [0, 0.1) is 0 Å². The van der Waals surface area contributed by atoms with Crippen molar-refractivity contribution in [2.75, 3.05) is 0 Å². The maximum atomic E-state index is 10.4. The van der Waals surface area contributed by atoms with E-state index in [4.69, 9.17) is 0 Å². The van der Waals surface area contributed by atoms with Crippen LogP contribution in [-0.2, 0) is 4.79 Å². The molecule has 0 saturated carbocycles. The van der Waals surface area contributed by atoms with Crippen LogP contribution in [0.15, 0.2) is 42.5 Å². The van der Waals surface area contributed by atoms with Gasteiger partial charge in [-0.1, -0.05) is 0 Å². The van der Waals surface area contributed by atoms with Crippen molar-refractivity contribution in [3.8, 4) is 16.9 Å². The second kappa shape index (κ2) is 4.45. The van der Waals surface area contributed by atoms with Crippen molar-refractivity contribution in [2.24, 2.45) is 0 Å². The van der Waals surface area contributed by atoms with Crippen molar-refractivity contribution in [3.05, 3.63) is 48.0 Å². The molecule has 0 amide bonds. The van der Waals surface area contributed by atoms with Gasteiger partial charge in [-0.05, 0) is 0 Å². The average molecular weight is 301 g/mol. The molecule has 0 bridgehead atoms. The van der Waals surface area contributed by atoms with Crippen LogP contribution in [0.1, 0.15) is 5.56 Å². The second-order valence-electron chi connectivity index (χ2n) is 3.97. The summed E-state index contributed by atoms with van der Waals surface area (Å²) in [6.45, 7) is 0. The molecule has 2 aromatic carbocycles. The van der Waals surface area contributed by atoms with Crippen LogP contribution in [-0.4, -0.2) is 26.3 Å². The zero-order valence-corrected chi connectivity index (χ0v) is 11.2. The zero-order chi connectivity index (χ0) is 12.5. The first-order valence-electron chi connectivity index (χ1n) is 5.56. The fourth-order valence-electron chi connectivity index (χ4n) is 2.00. The third kappa shape index (κ3) is 1.88. The molecule has 0 aliphatic carbocycles. The number of aromatic hydroxyl groups is 1. The maximum absolute atomic E-state index is 10.4. The van der Waals surface area contributed by atoms with E-state index in [9.17, 15) is 9.90 Å². The number of phenols is 1. The van der Waals surface area contributed by atoms with Crippen LogP contribution < -0.4 is 8.92 Å². The first-order valence-corrected chi connectivity index (χ1v) is 7.27. The zero-order valence-electron chi connectivity index (χ0n) is 9.46. The van der Waals surface area contributed by atoms with E-state index in [0.29, 0.717) is 20.7 Å². The summed E-state index contributed by atoms with van der Waals surface area (Å²) in [7, 11) is 0. The minimum atomic E-state index is 0.320. The number of phenolic OH excluding ortho intramolecular Hbond substituents is 1. The molecular weight excluding hydrogens is 291 g/mol. The molecule has 1 heterocycles. The quantitative estimate of drug-likeness (QED) is 0.449. The second-order valence-corrected chi connectivity index (χ2v) is 6.18. The summed E-state index contributed by atoms with van der Waals surface area (Å²) < 4.78 is 2.62. The van der Waals surface area contributed by atoms with E-state index in [1.54, 1.807) is 12.1 Å². The van der Waals surface area contributed by atoms with E-state index >= 15 is 0 Å². The summed E-state index contributed by atoms with van der Waals surface area (Å²) in [5.74, 6) is 0.320. The average Bonchev–Trinajstić information content (AvgIpc) is 3.16. The van der Waals surface area contributed by atoms with Crippen LogP contribution in [0.5, 0.6) is 5.75 Å². The van der Waals surface area contributed by atoms with Gasteiger partial charge >= 0.3 is 111 Å². The van der Waals surface area contributed by atoms with Crippen molar-refractivity contribution >= 4 is 36.2 Å². The molecule has 3 heteroatoms. The molecule has 1 aliphatic rings. The topological polar surface area (TPSA) is 37.3 Å². The van der Waals surface area contributed by atoms with Gasteiger partial charge in [0.05, 0.1) is 0 Å². The van der Waals surface area contributed by atoms with Gasteiger partial charge in [0, 0.05) is 0 Å². The van der Waals surface area contributed by atoms with Gasteiger partial charge in [-0.2, -0.15) is 0 Å². The molecule has 18 heavy (non-hydrogen) atoms. The van der Waals surface area contributed by atoms with Crippen molar-refractivity contribution in [1.82, 2.24) is 0 Å². The fourth-order valence-corrected chi connectivity index (χ4v) is 3.66. The van der Waals surface area contributed by atoms with E-state index < -0.39 is 0 Å². The SMILES string of the molecule is O=C/C=C/c1ccccc1-c1c(O)ccc2c1[Se]2. The molecule has 2 aromatic rings. The van der Waals surface area contributed by atoms with Crippen LogP contribution in [0.3, 0.4) is 0 Å². The van der Waals surface area contributed by atoms with Crippen LogP contribution in [0.4, 0.5) is 0 Å². The van der Waals surface area contributed by atoms with Crippen molar-refractivity contribution in [2.45, 2.75) is 0 Å². The van der Waals surface area contributed by atoms with Crippen LogP contribution in [0.25, 0.3) is 17.2 Å². The monoisotopic (exact) mass is 302 g/mol.